The summed E-state index contributed by atoms with van der Waals surface area (Å²) in [5.41, 5.74) is 2.24. The molecule has 0 spiro atoms. The number of nitrogens with zero attached hydrogens (tertiary/aromatic N) is 1. The van der Waals surface area contributed by atoms with Crippen LogP contribution in [-0.4, -0.2) is 26.7 Å². The van der Waals surface area contributed by atoms with Gasteiger partial charge in [-0.3, -0.25) is 4.99 Å². The fourth-order valence-corrected chi connectivity index (χ4v) is 2.00. The minimum Gasteiger partial charge on any atom is -0.492 e. The SMILES string of the molecule is COc1c2c(cc3c1OCO3)C=NCC2. The van der Waals surface area contributed by atoms with E-state index in [2.05, 4.69) is 4.99 Å². The molecule has 0 saturated heterocycles. The van der Waals surface area contributed by atoms with Crippen LogP contribution in [0.15, 0.2) is 11.1 Å². The van der Waals surface area contributed by atoms with Crippen molar-refractivity contribution in [2.45, 2.75) is 6.42 Å². The van der Waals surface area contributed by atoms with E-state index in [1.165, 1.54) is 0 Å². The van der Waals surface area contributed by atoms with Crippen LogP contribution in [0.3, 0.4) is 0 Å². The van der Waals surface area contributed by atoms with Crippen LogP contribution in [0.4, 0.5) is 0 Å². The van der Waals surface area contributed by atoms with Gasteiger partial charge in [-0.05, 0) is 12.5 Å². The lowest BCUT2D eigenvalue weighted by Gasteiger charge is -2.15. The Labute approximate surface area is 87.5 Å². The molecule has 3 rings (SSSR count). The molecule has 0 unspecified atom stereocenters. The lowest BCUT2D eigenvalue weighted by molar-refractivity contribution is 0.171. The quantitative estimate of drug-likeness (QED) is 0.695. The van der Waals surface area contributed by atoms with Gasteiger partial charge in [-0.2, -0.15) is 0 Å². The Balaban J connectivity index is 2.25. The molecule has 15 heavy (non-hydrogen) atoms. The molecule has 0 fully saturated rings. The molecule has 0 N–H and O–H groups in total. The Morgan fingerprint density at radius 2 is 2.33 bits per heavy atom. The van der Waals surface area contributed by atoms with Crippen molar-refractivity contribution < 1.29 is 14.2 Å². The van der Waals surface area contributed by atoms with Crippen LogP contribution in [0.2, 0.25) is 0 Å². The molecule has 0 amide bonds. The van der Waals surface area contributed by atoms with Crippen molar-refractivity contribution in [3.63, 3.8) is 0 Å². The van der Waals surface area contributed by atoms with Gasteiger partial charge in [0.25, 0.3) is 0 Å². The number of aliphatic imine (C=N–C) groups is 1. The molecule has 4 heteroatoms. The maximum Gasteiger partial charge on any atom is 0.231 e. The number of hydrogen-bond acceptors (Lipinski definition) is 4. The lowest BCUT2D eigenvalue weighted by Crippen LogP contribution is -2.05. The highest BCUT2D eigenvalue weighted by Crippen LogP contribution is 2.45. The number of hydrogen-bond donors (Lipinski definition) is 0. The van der Waals surface area contributed by atoms with Crippen molar-refractivity contribution in [2.24, 2.45) is 4.99 Å². The Morgan fingerprint density at radius 1 is 1.40 bits per heavy atom. The van der Waals surface area contributed by atoms with Gasteiger partial charge in [0.1, 0.15) is 0 Å². The van der Waals surface area contributed by atoms with E-state index in [9.17, 15) is 0 Å². The summed E-state index contributed by atoms with van der Waals surface area (Å²) in [7, 11) is 1.66. The van der Waals surface area contributed by atoms with E-state index in [1.54, 1.807) is 7.11 Å². The van der Waals surface area contributed by atoms with Gasteiger partial charge in [0.05, 0.1) is 7.11 Å². The Hall–Kier alpha value is -1.71. The van der Waals surface area contributed by atoms with E-state index in [4.69, 9.17) is 14.2 Å². The zero-order valence-corrected chi connectivity index (χ0v) is 8.45. The van der Waals surface area contributed by atoms with Crippen molar-refractivity contribution in [2.75, 3.05) is 20.4 Å². The summed E-state index contributed by atoms with van der Waals surface area (Å²) in [4.78, 5) is 4.24. The predicted octanol–water partition coefficient (Wildman–Crippen LogP) is 1.40. The standard InChI is InChI=1S/C11H11NO3/c1-13-10-8-2-3-12-5-7(8)4-9-11(10)15-6-14-9/h4-5H,2-3,6H2,1H3. The fourth-order valence-electron chi connectivity index (χ4n) is 2.00. The molecule has 0 bridgehead atoms. The molecular weight excluding hydrogens is 194 g/mol. The highest BCUT2D eigenvalue weighted by Gasteiger charge is 2.25. The second-order valence-corrected chi connectivity index (χ2v) is 3.50. The smallest absolute Gasteiger partial charge is 0.231 e. The molecule has 0 atom stereocenters. The monoisotopic (exact) mass is 205 g/mol. The summed E-state index contributed by atoms with van der Waals surface area (Å²) in [6.07, 6.45) is 2.76. The van der Waals surface area contributed by atoms with Crippen molar-refractivity contribution in [3.05, 3.63) is 17.2 Å². The lowest BCUT2D eigenvalue weighted by atomic mass is 10.0. The van der Waals surface area contributed by atoms with E-state index in [1.807, 2.05) is 12.3 Å². The summed E-state index contributed by atoms with van der Waals surface area (Å²) in [6, 6.07) is 1.96. The molecule has 2 aliphatic heterocycles. The first-order chi connectivity index (χ1) is 7.40. The summed E-state index contributed by atoms with van der Waals surface area (Å²) >= 11 is 0. The molecule has 2 aliphatic rings. The van der Waals surface area contributed by atoms with Gasteiger partial charge < -0.3 is 14.2 Å². The van der Waals surface area contributed by atoms with E-state index in [-0.39, 0.29) is 6.79 Å². The van der Waals surface area contributed by atoms with Crippen molar-refractivity contribution in [1.82, 2.24) is 0 Å². The van der Waals surface area contributed by atoms with Crippen molar-refractivity contribution in [3.8, 4) is 17.2 Å². The van der Waals surface area contributed by atoms with Gasteiger partial charge in [0, 0.05) is 23.9 Å². The predicted molar refractivity (Wildman–Crippen MR) is 55.3 cm³/mol. The summed E-state index contributed by atoms with van der Waals surface area (Å²) in [5.74, 6) is 2.27. The van der Waals surface area contributed by atoms with E-state index in [0.717, 1.165) is 41.3 Å². The molecule has 1 aromatic rings. The highest BCUT2D eigenvalue weighted by molar-refractivity contribution is 5.86. The third-order valence-corrected chi connectivity index (χ3v) is 2.68. The zero-order valence-electron chi connectivity index (χ0n) is 8.45. The minimum absolute atomic E-state index is 0.270. The highest BCUT2D eigenvalue weighted by atomic mass is 16.7. The maximum atomic E-state index is 5.39. The van der Waals surface area contributed by atoms with Gasteiger partial charge >= 0.3 is 0 Å². The molecule has 0 aromatic heterocycles. The van der Waals surface area contributed by atoms with Crippen LogP contribution in [0, 0.1) is 0 Å². The van der Waals surface area contributed by atoms with Gasteiger partial charge in [-0.1, -0.05) is 0 Å². The average molecular weight is 205 g/mol. The van der Waals surface area contributed by atoms with Gasteiger partial charge in [-0.25, -0.2) is 0 Å². The first-order valence-corrected chi connectivity index (χ1v) is 4.89. The zero-order chi connectivity index (χ0) is 10.3. The van der Waals surface area contributed by atoms with E-state index in [0.29, 0.717) is 0 Å². The third kappa shape index (κ3) is 1.17. The largest absolute Gasteiger partial charge is 0.492 e. The van der Waals surface area contributed by atoms with Crippen LogP contribution in [-0.2, 0) is 6.42 Å². The first-order valence-electron chi connectivity index (χ1n) is 4.89. The van der Waals surface area contributed by atoms with Gasteiger partial charge in [0.15, 0.2) is 11.5 Å². The maximum absolute atomic E-state index is 5.39. The van der Waals surface area contributed by atoms with Crippen molar-refractivity contribution >= 4 is 6.21 Å². The summed E-state index contributed by atoms with van der Waals surface area (Å²) in [6.45, 7) is 1.08. The van der Waals surface area contributed by atoms with Crippen LogP contribution in [0.5, 0.6) is 17.2 Å². The Kier molecular flexibility index (Phi) is 1.80. The number of rotatable bonds is 1. The van der Waals surface area contributed by atoms with Crippen LogP contribution in [0.25, 0.3) is 0 Å². The molecule has 4 nitrogen and oxygen atoms in total. The Morgan fingerprint density at radius 3 is 3.20 bits per heavy atom. The molecule has 1 aromatic carbocycles. The normalized spacial score (nSPS) is 16.3. The second-order valence-electron chi connectivity index (χ2n) is 3.50. The van der Waals surface area contributed by atoms with Crippen molar-refractivity contribution in [1.29, 1.82) is 0 Å². The summed E-state index contributed by atoms with van der Waals surface area (Å²) < 4.78 is 16.1. The van der Waals surface area contributed by atoms with Gasteiger partial charge in [-0.15, -0.1) is 0 Å². The molecule has 78 valence electrons. The number of methoxy groups -OCH3 is 1. The Bertz CT molecular complexity index is 440. The van der Waals surface area contributed by atoms with Crippen LogP contribution >= 0.6 is 0 Å². The summed E-state index contributed by atoms with van der Waals surface area (Å²) in [5, 5.41) is 0. The first kappa shape index (κ1) is 8.59. The van der Waals surface area contributed by atoms with Crippen LogP contribution in [0.1, 0.15) is 11.1 Å². The molecule has 0 aliphatic carbocycles. The molecule has 0 saturated carbocycles. The van der Waals surface area contributed by atoms with Gasteiger partial charge in [0.2, 0.25) is 12.5 Å². The number of fused-ring (bicyclic) bond motifs is 2. The van der Waals surface area contributed by atoms with E-state index < -0.39 is 0 Å². The molecule has 0 radical (unpaired) electrons. The third-order valence-electron chi connectivity index (χ3n) is 2.68. The second kappa shape index (κ2) is 3.15. The number of benzene rings is 1. The molecule has 2 heterocycles. The number of ether oxygens (including phenoxy) is 3. The topological polar surface area (TPSA) is 40.0 Å². The fraction of sp³-hybridized carbons (Fsp3) is 0.364. The van der Waals surface area contributed by atoms with E-state index >= 15 is 0 Å². The minimum atomic E-state index is 0.270. The average Bonchev–Trinajstić information content (AvgIpc) is 2.73. The van der Waals surface area contributed by atoms with Crippen LogP contribution < -0.4 is 14.2 Å². The molecular formula is C11H11NO3.